The Bertz CT molecular complexity index is 1850. The second-order valence-corrected chi connectivity index (χ2v) is 9.93. The number of H-pyrrole nitrogens is 2. The van der Waals surface area contributed by atoms with Crippen LogP contribution in [0.25, 0.3) is 34.0 Å². The molecule has 40 heavy (non-hydrogen) atoms. The van der Waals surface area contributed by atoms with Crippen molar-refractivity contribution in [3.05, 3.63) is 125 Å². The zero-order valence-electron chi connectivity index (χ0n) is 22.3. The Hall–Kier alpha value is -5.12. The molecule has 0 aliphatic heterocycles. The Kier molecular flexibility index (Phi) is 7.12. The zero-order valence-corrected chi connectivity index (χ0v) is 22.3. The normalized spacial score (nSPS) is 11.4. The molecule has 0 amide bonds. The van der Waals surface area contributed by atoms with Gasteiger partial charge in [0, 0.05) is 64.4 Å². The number of aryl methyl sites for hydroxylation is 1. The van der Waals surface area contributed by atoms with Gasteiger partial charge >= 0.3 is 0 Å². The Morgan fingerprint density at radius 3 is 2.62 bits per heavy atom. The number of rotatable bonds is 9. The molecule has 0 radical (unpaired) electrons. The second kappa shape index (κ2) is 11.3. The molecular weight excluding hydrogens is 492 g/mol. The lowest BCUT2D eigenvalue weighted by atomic mass is 10.1. The van der Waals surface area contributed by atoms with Gasteiger partial charge in [-0.25, -0.2) is 0 Å². The maximum atomic E-state index is 9.77. The Morgan fingerprint density at radius 2 is 1.75 bits per heavy atom. The fraction of sp³-hybridized carbons (Fsp3) is 0.118. The molecule has 0 spiro atoms. The molecule has 6 rings (SSSR count). The highest BCUT2D eigenvalue weighted by Crippen LogP contribution is 2.31. The average molecular weight is 523 g/mol. The third kappa shape index (κ3) is 5.24. The molecule has 3 heterocycles. The minimum Gasteiger partial charge on any atom is -0.361 e. The second-order valence-electron chi connectivity index (χ2n) is 9.93. The van der Waals surface area contributed by atoms with E-state index in [0.717, 1.165) is 58.5 Å². The number of para-hydroxylation sites is 1. The number of aromatic amines is 2. The van der Waals surface area contributed by atoms with E-state index < -0.39 is 0 Å². The van der Waals surface area contributed by atoms with Crippen LogP contribution in [0.1, 0.15) is 33.4 Å². The van der Waals surface area contributed by atoms with Crippen LogP contribution >= 0.6 is 0 Å². The molecule has 0 atom stereocenters. The molecule has 0 saturated heterocycles. The fourth-order valence-electron chi connectivity index (χ4n) is 5.11. The number of hydrogen-bond donors (Lipinski definition) is 4. The molecule has 4 N–H and O–H groups in total. The number of nitrogens with zero attached hydrogens (tertiary/aromatic N) is 2. The van der Waals surface area contributed by atoms with Crippen molar-refractivity contribution in [1.82, 2.24) is 20.3 Å². The van der Waals surface area contributed by atoms with Gasteiger partial charge in [0.2, 0.25) is 0 Å². The molecule has 0 fully saturated rings. The summed E-state index contributed by atoms with van der Waals surface area (Å²) in [6, 6.07) is 25.4. The van der Waals surface area contributed by atoms with Gasteiger partial charge in [-0.3, -0.25) is 4.98 Å². The SMILES string of the molecule is Cc1c(Nc2c(C#N)cncc2C=Cc2ccc(CNCCc3c[nH]c4ccccc34)cc2)ccc2[nH]ccc12. The molecular formula is C34H30N6. The summed E-state index contributed by atoms with van der Waals surface area (Å²) in [4.78, 5) is 10.9. The summed E-state index contributed by atoms with van der Waals surface area (Å²) in [6.07, 6.45) is 12.5. The molecule has 6 nitrogen and oxygen atoms in total. The van der Waals surface area contributed by atoms with Crippen LogP contribution in [0.3, 0.4) is 0 Å². The first-order valence-corrected chi connectivity index (χ1v) is 13.4. The Labute approximate surface area is 233 Å². The van der Waals surface area contributed by atoms with E-state index in [1.54, 1.807) is 12.4 Å². The van der Waals surface area contributed by atoms with Crippen LogP contribution in [0.5, 0.6) is 0 Å². The van der Waals surface area contributed by atoms with Gasteiger partial charge < -0.3 is 20.6 Å². The minimum atomic E-state index is 0.504. The predicted molar refractivity (Wildman–Crippen MR) is 164 cm³/mol. The van der Waals surface area contributed by atoms with E-state index in [0.29, 0.717) is 5.56 Å². The fourth-order valence-corrected chi connectivity index (χ4v) is 5.11. The lowest BCUT2D eigenvalue weighted by molar-refractivity contribution is 0.688. The number of nitrogens with one attached hydrogen (secondary N) is 4. The van der Waals surface area contributed by atoms with E-state index in [9.17, 15) is 5.26 Å². The van der Waals surface area contributed by atoms with Crippen LogP contribution < -0.4 is 10.6 Å². The lowest BCUT2D eigenvalue weighted by Gasteiger charge is -2.14. The van der Waals surface area contributed by atoms with Crippen LogP contribution in [0.15, 0.2) is 91.5 Å². The van der Waals surface area contributed by atoms with Crippen LogP contribution in [-0.4, -0.2) is 21.5 Å². The Morgan fingerprint density at radius 1 is 0.900 bits per heavy atom. The van der Waals surface area contributed by atoms with E-state index in [2.05, 4.69) is 105 Å². The molecule has 0 unspecified atom stereocenters. The molecule has 3 aromatic carbocycles. The third-order valence-electron chi connectivity index (χ3n) is 7.37. The van der Waals surface area contributed by atoms with E-state index in [1.807, 2.05) is 24.4 Å². The van der Waals surface area contributed by atoms with Gasteiger partial charge in [-0.1, -0.05) is 54.6 Å². The molecule has 0 aliphatic carbocycles. The summed E-state index contributed by atoms with van der Waals surface area (Å²) in [6.45, 7) is 3.82. The molecule has 3 aromatic heterocycles. The third-order valence-corrected chi connectivity index (χ3v) is 7.37. The van der Waals surface area contributed by atoms with Gasteiger partial charge in [-0.15, -0.1) is 0 Å². The summed E-state index contributed by atoms with van der Waals surface area (Å²) < 4.78 is 0. The molecule has 0 saturated carbocycles. The summed E-state index contributed by atoms with van der Waals surface area (Å²) >= 11 is 0. The minimum absolute atomic E-state index is 0.504. The van der Waals surface area contributed by atoms with Crippen molar-refractivity contribution >= 4 is 45.3 Å². The van der Waals surface area contributed by atoms with Crippen molar-refractivity contribution in [2.45, 2.75) is 19.9 Å². The first kappa shape index (κ1) is 25.2. The quantitative estimate of drug-likeness (QED) is 0.148. The van der Waals surface area contributed by atoms with Crippen LogP contribution in [-0.2, 0) is 13.0 Å². The van der Waals surface area contributed by atoms with Crippen LogP contribution in [0.2, 0.25) is 0 Å². The standard InChI is InChI=1S/C34H30N6/c1-23-29-15-17-38-33(29)13-12-31(23)40-34-27(20-37-21-28(34)18-35)11-10-24-6-8-25(9-7-24)19-36-16-14-26-22-39-32-5-3-2-4-30(26)32/h2-13,15,17,20-22,36,38-39H,14,16,19H2,1H3,(H,37,40). The van der Waals surface area contributed by atoms with E-state index in [-0.39, 0.29) is 0 Å². The topological polar surface area (TPSA) is 92.3 Å². The highest BCUT2D eigenvalue weighted by molar-refractivity contribution is 5.90. The van der Waals surface area contributed by atoms with Crippen LogP contribution in [0.4, 0.5) is 11.4 Å². The van der Waals surface area contributed by atoms with Crippen molar-refractivity contribution in [3.8, 4) is 6.07 Å². The van der Waals surface area contributed by atoms with Gasteiger partial charge in [0.15, 0.2) is 0 Å². The molecule has 0 bridgehead atoms. The van der Waals surface area contributed by atoms with E-state index in [4.69, 9.17) is 0 Å². The Balaban J connectivity index is 1.11. The van der Waals surface area contributed by atoms with Gasteiger partial charge in [0.05, 0.1) is 11.3 Å². The first-order valence-electron chi connectivity index (χ1n) is 13.4. The lowest BCUT2D eigenvalue weighted by Crippen LogP contribution is -2.16. The number of aromatic nitrogens is 3. The summed E-state index contributed by atoms with van der Waals surface area (Å²) in [7, 11) is 0. The number of hydrogen-bond acceptors (Lipinski definition) is 4. The van der Waals surface area contributed by atoms with Crippen molar-refractivity contribution in [2.75, 3.05) is 11.9 Å². The number of pyridine rings is 1. The number of fused-ring (bicyclic) bond motifs is 2. The zero-order chi connectivity index (χ0) is 27.3. The monoisotopic (exact) mass is 522 g/mol. The van der Waals surface area contributed by atoms with Gasteiger partial charge in [0.25, 0.3) is 0 Å². The van der Waals surface area contributed by atoms with Crippen molar-refractivity contribution < 1.29 is 0 Å². The molecule has 6 heteroatoms. The van der Waals surface area contributed by atoms with Gasteiger partial charge in [-0.05, 0) is 66.4 Å². The summed E-state index contributed by atoms with van der Waals surface area (Å²) in [5.41, 5.74) is 10.1. The number of benzene rings is 3. The van der Waals surface area contributed by atoms with Crippen molar-refractivity contribution in [1.29, 1.82) is 5.26 Å². The van der Waals surface area contributed by atoms with E-state index in [1.165, 1.54) is 22.0 Å². The predicted octanol–water partition coefficient (Wildman–Crippen LogP) is 7.47. The number of nitriles is 1. The first-order chi connectivity index (χ1) is 19.7. The smallest absolute Gasteiger partial charge is 0.103 e. The molecule has 0 aliphatic rings. The maximum absolute atomic E-state index is 9.77. The van der Waals surface area contributed by atoms with Crippen molar-refractivity contribution in [3.63, 3.8) is 0 Å². The largest absolute Gasteiger partial charge is 0.361 e. The maximum Gasteiger partial charge on any atom is 0.103 e. The van der Waals surface area contributed by atoms with Crippen molar-refractivity contribution in [2.24, 2.45) is 0 Å². The van der Waals surface area contributed by atoms with E-state index >= 15 is 0 Å². The average Bonchev–Trinajstić information content (AvgIpc) is 3.64. The van der Waals surface area contributed by atoms with Crippen LogP contribution in [0, 0.1) is 18.3 Å². The molecule has 196 valence electrons. The highest BCUT2D eigenvalue weighted by atomic mass is 14.9. The summed E-state index contributed by atoms with van der Waals surface area (Å²) in [5.74, 6) is 0. The van der Waals surface area contributed by atoms with Gasteiger partial charge in [0.1, 0.15) is 6.07 Å². The number of anilines is 2. The van der Waals surface area contributed by atoms with Gasteiger partial charge in [-0.2, -0.15) is 5.26 Å². The highest BCUT2D eigenvalue weighted by Gasteiger charge is 2.11. The summed E-state index contributed by atoms with van der Waals surface area (Å²) in [5, 5.41) is 19.3. The molecule has 6 aromatic rings.